The Balaban J connectivity index is 1.46. The molecule has 3 aliphatic rings. The number of carbonyl (C=O) groups excluding carboxylic acids is 1. The summed E-state index contributed by atoms with van der Waals surface area (Å²) in [5.41, 5.74) is 1.27. The van der Waals surface area contributed by atoms with Gasteiger partial charge in [-0.25, -0.2) is 0 Å². The summed E-state index contributed by atoms with van der Waals surface area (Å²) in [6, 6.07) is 11.1. The summed E-state index contributed by atoms with van der Waals surface area (Å²) in [6.07, 6.45) is 2.77. The first-order valence-corrected chi connectivity index (χ1v) is 9.59. The van der Waals surface area contributed by atoms with E-state index >= 15 is 0 Å². The molecule has 5 heteroatoms. The van der Waals surface area contributed by atoms with Gasteiger partial charge in [0.1, 0.15) is 0 Å². The number of hydrogen-bond acceptors (Lipinski definition) is 4. The lowest BCUT2D eigenvalue weighted by Crippen LogP contribution is -2.54. The number of rotatable bonds is 2. The fraction of sp³-hybridized carbons (Fsp3) is 0.650. The maximum absolute atomic E-state index is 12.9. The zero-order valence-corrected chi connectivity index (χ0v) is 14.8. The van der Waals surface area contributed by atoms with Gasteiger partial charge in [0, 0.05) is 56.4 Å². The second-order valence-corrected chi connectivity index (χ2v) is 7.39. The molecule has 0 saturated carbocycles. The molecule has 3 heterocycles. The van der Waals surface area contributed by atoms with Crippen molar-refractivity contribution in [2.24, 2.45) is 11.8 Å². The van der Waals surface area contributed by atoms with E-state index in [4.69, 9.17) is 9.47 Å². The van der Waals surface area contributed by atoms with Gasteiger partial charge in [-0.1, -0.05) is 18.2 Å². The van der Waals surface area contributed by atoms with Crippen LogP contribution in [0, 0.1) is 11.8 Å². The molecular formula is C20H28N2O3. The van der Waals surface area contributed by atoms with Gasteiger partial charge >= 0.3 is 0 Å². The highest BCUT2D eigenvalue weighted by molar-refractivity contribution is 5.79. The highest BCUT2D eigenvalue weighted by Gasteiger charge is 2.38. The average molecular weight is 344 g/mol. The molecule has 5 nitrogen and oxygen atoms in total. The van der Waals surface area contributed by atoms with Crippen molar-refractivity contribution in [2.45, 2.75) is 25.3 Å². The average Bonchev–Trinajstić information content (AvgIpc) is 2.90. The first-order chi connectivity index (χ1) is 12.3. The van der Waals surface area contributed by atoms with Crippen LogP contribution in [-0.2, 0) is 14.3 Å². The quantitative estimate of drug-likeness (QED) is 0.825. The molecule has 1 amide bonds. The number of ether oxygens (including phenoxy) is 2. The van der Waals surface area contributed by atoms with Crippen LogP contribution in [0.2, 0.25) is 0 Å². The Morgan fingerprint density at radius 3 is 2.56 bits per heavy atom. The van der Waals surface area contributed by atoms with Crippen LogP contribution in [0.15, 0.2) is 30.3 Å². The lowest BCUT2D eigenvalue weighted by Gasteiger charge is -2.44. The molecule has 0 bridgehead atoms. The van der Waals surface area contributed by atoms with E-state index in [0.29, 0.717) is 17.9 Å². The molecule has 0 unspecified atom stereocenters. The Hall–Kier alpha value is -1.59. The number of hydrogen-bond donors (Lipinski definition) is 0. The Labute approximate surface area is 149 Å². The van der Waals surface area contributed by atoms with Crippen molar-refractivity contribution in [3.05, 3.63) is 30.3 Å². The zero-order chi connectivity index (χ0) is 17.1. The van der Waals surface area contributed by atoms with Gasteiger partial charge in [-0.3, -0.25) is 4.79 Å². The second kappa shape index (κ2) is 7.75. The van der Waals surface area contributed by atoms with Crippen molar-refractivity contribution in [1.29, 1.82) is 0 Å². The Kier molecular flexibility index (Phi) is 5.22. The van der Waals surface area contributed by atoms with Gasteiger partial charge in [-0.15, -0.1) is 0 Å². The van der Waals surface area contributed by atoms with Crippen LogP contribution in [0.4, 0.5) is 5.69 Å². The summed E-state index contributed by atoms with van der Waals surface area (Å²) in [5, 5.41) is 0. The first-order valence-electron chi connectivity index (χ1n) is 9.59. The normalized spacial score (nSPS) is 28.3. The molecule has 0 spiro atoms. The van der Waals surface area contributed by atoms with Crippen molar-refractivity contribution in [2.75, 3.05) is 51.0 Å². The maximum Gasteiger partial charge on any atom is 0.225 e. The molecule has 4 rings (SSSR count). The van der Waals surface area contributed by atoms with Gasteiger partial charge in [0.05, 0.1) is 13.2 Å². The van der Waals surface area contributed by atoms with Crippen molar-refractivity contribution in [3.63, 3.8) is 0 Å². The maximum atomic E-state index is 12.9. The van der Waals surface area contributed by atoms with Crippen LogP contribution >= 0.6 is 0 Å². The van der Waals surface area contributed by atoms with E-state index < -0.39 is 0 Å². The summed E-state index contributed by atoms with van der Waals surface area (Å²) in [7, 11) is 0. The monoisotopic (exact) mass is 344 g/mol. The van der Waals surface area contributed by atoms with E-state index in [1.54, 1.807) is 0 Å². The van der Waals surface area contributed by atoms with Crippen LogP contribution < -0.4 is 4.90 Å². The smallest absolute Gasteiger partial charge is 0.225 e. The van der Waals surface area contributed by atoms with Crippen LogP contribution in [0.25, 0.3) is 0 Å². The fourth-order valence-electron chi connectivity index (χ4n) is 4.50. The third-order valence-electron chi connectivity index (χ3n) is 5.87. The van der Waals surface area contributed by atoms with Crippen molar-refractivity contribution < 1.29 is 14.3 Å². The van der Waals surface area contributed by atoms with Crippen LogP contribution in [0.1, 0.15) is 19.3 Å². The van der Waals surface area contributed by atoms with E-state index in [0.717, 1.165) is 65.3 Å². The summed E-state index contributed by atoms with van der Waals surface area (Å²) < 4.78 is 11.3. The van der Waals surface area contributed by atoms with E-state index in [9.17, 15) is 4.79 Å². The van der Waals surface area contributed by atoms with Crippen molar-refractivity contribution >= 4 is 11.6 Å². The molecule has 25 heavy (non-hydrogen) atoms. The van der Waals surface area contributed by atoms with Crippen molar-refractivity contribution in [1.82, 2.24) is 4.90 Å². The third-order valence-corrected chi connectivity index (χ3v) is 5.87. The van der Waals surface area contributed by atoms with Gasteiger partial charge in [0.15, 0.2) is 0 Å². The molecule has 0 aromatic heterocycles. The van der Waals surface area contributed by atoms with E-state index in [2.05, 4.69) is 40.1 Å². The van der Waals surface area contributed by atoms with Gasteiger partial charge in [-0.2, -0.15) is 0 Å². The second-order valence-electron chi connectivity index (χ2n) is 7.39. The lowest BCUT2D eigenvalue weighted by molar-refractivity contribution is -0.141. The molecule has 1 aromatic carbocycles. The first kappa shape index (κ1) is 16.9. The molecule has 0 aliphatic carbocycles. The number of nitrogens with zero attached hydrogens (tertiary/aromatic N) is 2. The predicted octanol–water partition coefficient (Wildman–Crippen LogP) is 2.17. The molecule has 136 valence electrons. The van der Waals surface area contributed by atoms with Gasteiger partial charge < -0.3 is 19.3 Å². The Morgan fingerprint density at radius 2 is 1.76 bits per heavy atom. The fourth-order valence-corrected chi connectivity index (χ4v) is 4.50. The summed E-state index contributed by atoms with van der Waals surface area (Å²) in [5.74, 6) is 0.875. The number of fused-ring (bicyclic) bond motifs is 1. The van der Waals surface area contributed by atoms with Gasteiger partial charge in [0.2, 0.25) is 5.91 Å². The number of para-hydroxylation sites is 1. The number of piperidine rings is 1. The van der Waals surface area contributed by atoms with Crippen LogP contribution in [0.3, 0.4) is 0 Å². The standard InChI is InChI=1S/C20H28N2O3/c23-20(16-7-11-24-12-8-16)21-9-6-19-17(14-21)15-25-13-10-22(19)18-4-2-1-3-5-18/h1-5,16-17,19H,6-15H2/t17-,19+/m1/s1. The van der Waals surface area contributed by atoms with E-state index in [1.165, 1.54) is 5.69 Å². The van der Waals surface area contributed by atoms with Crippen LogP contribution in [0.5, 0.6) is 0 Å². The van der Waals surface area contributed by atoms with Gasteiger partial charge in [-0.05, 0) is 31.4 Å². The molecule has 0 radical (unpaired) electrons. The van der Waals surface area contributed by atoms with Crippen molar-refractivity contribution in [3.8, 4) is 0 Å². The lowest BCUT2D eigenvalue weighted by atomic mass is 9.89. The number of benzene rings is 1. The third kappa shape index (κ3) is 3.67. The van der Waals surface area contributed by atoms with Crippen LogP contribution in [-0.4, -0.2) is 62.9 Å². The predicted molar refractivity (Wildman–Crippen MR) is 96.6 cm³/mol. The molecule has 3 aliphatic heterocycles. The number of likely N-dealkylation sites (tertiary alicyclic amines) is 1. The zero-order valence-electron chi connectivity index (χ0n) is 14.8. The van der Waals surface area contributed by atoms with E-state index in [1.807, 2.05) is 0 Å². The highest BCUT2D eigenvalue weighted by Crippen LogP contribution is 2.30. The summed E-state index contributed by atoms with van der Waals surface area (Å²) in [6.45, 7) is 5.58. The molecule has 3 saturated heterocycles. The molecule has 0 N–H and O–H groups in total. The summed E-state index contributed by atoms with van der Waals surface area (Å²) in [4.78, 5) is 17.5. The Bertz CT molecular complexity index is 574. The molecule has 2 atom stereocenters. The SMILES string of the molecule is O=C(C1CCOCC1)N1CC[C@H]2[C@@H](COCCN2c2ccccc2)C1. The number of amides is 1. The summed E-state index contributed by atoms with van der Waals surface area (Å²) >= 11 is 0. The topological polar surface area (TPSA) is 42.0 Å². The minimum Gasteiger partial charge on any atom is -0.381 e. The highest BCUT2D eigenvalue weighted by atomic mass is 16.5. The van der Waals surface area contributed by atoms with Gasteiger partial charge in [0.25, 0.3) is 0 Å². The Morgan fingerprint density at radius 1 is 0.960 bits per heavy atom. The molecule has 3 fully saturated rings. The minimum absolute atomic E-state index is 0.155. The molecule has 1 aromatic rings. The number of anilines is 1. The largest absolute Gasteiger partial charge is 0.381 e. The minimum atomic E-state index is 0.155. The number of carbonyl (C=O) groups is 1. The molecular weight excluding hydrogens is 316 g/mol. The van der Waals surface area contributed by atoms with E-state index in [-0.39, 0.29) is 5.92 Å².